The van der Waals surface area contributed by atoms with Crippen molar-refractivity contribution in [2.75, 3.05) is 19.1 Å². The molecule has 0 aliphatic carbocycles. The molecule has 2 aromatic rings. The first kappa shape index (κ1) is 21.7. The number of anilines is 1. The van der Waals surface area contributed by atoms with Gasteiger partial charge in [-0.25, -0.2) is 4.90 Å². The van der Waals surface area contributed by atoms with Crippen molar-refractivity contribution in [2.45, 2.75) is 0 Å². The number of nitro groups is 1. The van der Waals surface area contributed by atoms with Crippen LogP contribution in [-0.4, -0.2) is 36.1 Å². The molecule has 0 unspecified atom stereocenters. The largest absolute Gasteiger partial charge is 0.497 e. The number of hydrogen-bond acceptors (Lipinski definition) is 7. The SMILES string of the molecule is COc1ccc(N2C(=O)/C(=C/C=C/c3ccccc3[N+](=O)[O-])C(=O)NC2=S)c(OC)c1. The molecule has 9 nitrogen and oxygen atoms in total. The zero-order chi connectivity index (χ0) is 22.5. The second kappa shape index (κ2) is 9.18. The van der Waals surface area contributed by atoms with E-state index in [0.717, 1.165) is 4.90 Å². The number of rotatable bonds is 6. The van der Waals surface area contributed by atoms with E-state index in [1.54, 1.807) is 36.4 Å². The molecule has 0 aromatic heterocycles. The first-order valence-corrected chi connectivity index (χ1v) is 9.31. The fourth-order valence-electron chi connectivity index (χ4n) is 2.91. The van der Waals surface area contributed by atoms with Crippen molar-refractivity contribution in [1.29, 1.82) is 0 Å². The van der Waals surface area contributed by atoms with Gasteiger partial charge in [0.2, 0.25) is 0 Å². The molecule has 31 heavy (non-hydrogen) atoms. The van der Waals surface area contributed by atoms with E-state index >= 15 is 0 Å². The van der Waals surface area contributed by atoms with Crippen molar-refractivity contribution >= 4 is 46.6 Å². The Morgan fingerprint density at radius 1 is 1.13 bits per heavy atom. The molecular weight excluding hydrogens is 422 g/mol. The molecule has 1 aliphatic rings. The minimum Gasteiger partial charge on any atom is -0.497 e. The lowest BCUT2D eigenvalue weighted by Crippen LogP contribution is -2.54. The molecule has 10 heteroatoms. The van der Waals surface area contributed by atoms with E-state index in [1.165, 1.54) is 38.5 Å². The van der Waals surface area contributed by atoms with Gasteiger partial charge in [-0.05, 0) is 42.6 Å². The van der Waals surface area contributed by atoms with Gasteiger partial charge in [0, 0.05) is 12.1 Å². The number of carbonyl (C=O) groups is 2. The number of nitrogens with one attached hydrogen (secondary N) is 1. The number of ether oxygens (including phenoxy) is 2. The van der Waals surface area contributed by atoms with Crippen LogP contribution in [0.25, 0.3) is 6.08 Å². The molecular formula is C21H17N3O6S. The van der Waals surface area contributed by atoms with E-state index in [-0.39, 0.29) is 16.4 Å². The van der Waals surface area contributed by atoms with Gasteiger partial charge in [0.1, 0.15) is 17.1 Å². The number of thiocarbonyl (C=S) groups is 1. The van der Waals surface area contributed by atoms with Crippen molar-refractivity contribution in [3.8, 4) is 11.5 Å². The van der Waals surface area contributed by atoms with E-state index < -0.39 is 16.7 Å². The summed E-state index contributed by atoms with van der Waals surface area (Å²) >= 11 is 5.19. The number of methoxy groups -OCH3 is 2. The third-order valence-corrected chi connectivity index (χ3v) is 4.69. The topological polar surface area (TPSA) is 111 Å². The van der Waals surface area contributed by atoms with E-state index in [1.807, 2.05) is 0 Å². The number of carbonyl (C=O) groups excluding carboxylic acids is 2. The Morgan fingerprint density at radius 2 is 1.87 bits per heavy atom. The maximum atomic E-state index is 13.1. The van der Waals surface area contributed by atoms with Crippen LogP contribution < -0.4 is 19.7 Å². The molecule has 2 amide bonds. The average molecular weight is 439 g/mol. The molecule has 1 fully saturated rings. The zero-order valence-electron chi connectivity index (χ0n) is 16.5. The predicted molar refractivity (Wildman–Crippen MR) is 118 cm³/mol. The summed E-state index contributed by atoms with van der Waals surface area (Å²) in [6.07, 6.45) is 4.11. The van der Waals surface area contributed by atoms with Crippen molar-refractivity contribution in [3.63, 3.8) is 0 Å². The molecule has 0 bridgehead atoms. The van der Waals surface area contributed by atoms with E-state index in [9.17, 15) is 19.7 Å². The number of allylic oxidation sites excluding steroid dienone is 2. The Balaban J connectivity index is 1.96. The molecule has 1 heterocycles. The van der Waals surface area contributed by atoms with Gasteiger partial charge < -0.3 is 9.47 Å². The second-order valence-electron chi connectivity index (χ2n) is 6.19. The number of nitro benzene ring substituents is 1. The van der Waals surface area contributed by atoms with Crippen LogP contribution in [0.5, 0.6) is 11.5 Å². The van der Waals surface area contributed by atoms with Crippen LogP contribution in [0.3, 0.4) is 0 Å². The molecule has 1 N–H and O–H groups in total. The molecule has 0 saturated carbocycles. The van der Waals surface area contributed by atoms with Crippen LogP contribution in [0.2, 0.25) is 0 Å². The van der Waals surface area contributed by atoms with Crippen LogP contribution in [0.1, 0.15) is 5.56 Å². The lowest BCUT2D eigenvalue weighted by atomic mass is 10.1. The smallest absolute Gasteiger partial charge is 0.276 e. The Hall–Kier alpha value is -4.05. The van der Waals surface area contributed by atoms with Gasteiger partial charge in [-0.15, -0.1) is 0 Å². The summed E-state index contributed by atoms with van der Waals surface area (Å²) in [6.45, 7) is 0. The first-order valence-electron chi connectivity index (χ1n) is 8.91. The van der Waals surface area contributed by atoms with E-state index in [0.29, 0.717) is 22.7 Å². The maximum absolute atomic E-state index is 13.1. The van der Waals surface area contributed by atoms with E-state index in [2.05, 4.69) is 5.32 Å². The molecule has 0 radical (unpaired) electrons. The lowest BCUT2D eigenvalue weighted by Gasteiger charge is -2.29. The third-order valence-electron chi connectivity index (χ3n) is 4.40. The lowest BCUT2D eigenvalue weighted by molar-refractivity contribution is -0.385. The normalized spacial score (nSPS) is 15.4. The van der Waals surface area contributed by atoms with Gasteiger partial charge in [0.05, 0.1) is 30.4 Å². The molecule has 2 aromatic carbocycles. The van der Waals surface area contributed by atoms with Gasteiger partial charge in [-0.1, -0.05) is 18.2 Å². The molecule has 3 rings (SSSR count). The molecule has 0 atom stereocenters. The Bertz CT molecular complexity index is 1140. The van der Waals surface area contributed by atoms with E-state index in [4.69, 9.17) is 21.7 Å². The van der Waals surface area contributed by atoms with Gasteiger partial charge in [0.15, 0.2) is 5.11 Å². The predicted octanol–water partition coefficient (Wildman–Crippen LogP) is 3.00. The number of nitrogens with zero attached hydrogens (tertiary/aromatic N) is 2. The Labute approximate surface area is 182 Å². The summed E-state index contributed by atoms with van der Waals surface area (Å²) in [6, 6.07) is 10.9. The summed E-state index contributed by atoms with van der Waals surface area (Å²) in [7, 11) is 2.93. The number of para-hydroxylation sites is 1. The highest BCUT2D eigenvalue weighted by Gasteiger charge is 2.35. The Morgan fingerprint density at radius 3 is 2.55 bits per heavy atom. The van der Waals surface area contributed by atoms with Gasteiger partial charge in [0.25, 0.3) is 17.5 Å². The number of hydrogen-bond donors (Lipinski definition) is 1. The summed E-state index contributed by atoms with van der Waals surface area (Å²) in [5.74, 6) is -0.500. The monoisotopic (exact) mass is 439 g/mol. The van der Waals surface area contributed by atoms with Crippen molar-refractivity contribution < 1.29 is 24.0 Å². The molecule has 1 aliphatic heterocycles. The highest BCUT2D eigenvalue weighted by atomic mass is 32.1. The number of benzene rings is 2. The fraction of sp³-hybridized carbons (Fsp3) is 0.0952. The van der Waals surface area contributed by atoms with Gasteiger partial charge >= 0.3 is 0 Å². The first-order chi connectivity index (χ1) is 14.9. The summed E-state index contributed by atoms with van der Waals surface area (Å²) in [4.78, 5) is 37.2. The third kappa shape index (κ3) is 4.43. The van der Waals surface area contributed by atoms with Crippen LogP contribution >= 0.6 is 12.2 Å². The average Bonchev–Trinajstić information content (AvgIpc) is 2.76. The van der Waals surface area contributed by atoms with Crippen LogP contribution in [0.15, 0.2) is 60.2 Å². The van der Waals surface area contributed by atoms with Gasteiger partial charge in [-0.3, -0.25) is 25.0 Å². The van der Waals surface area contributed by atoms with Crippen molar-refractivity contribution in [3.05, 3.63) is 75.9 Å². The fourth-order valence-corrected chi connectivity index (χ4v) is 3.18. The summed E-state index contributed by atoms with van der Waals surface area (Å²) < 4.78 is 10.5. The minimum absolute atomic E-state index is 0.0951. The van der Waals surface area contributed by atoms with Crippen LogP contribution in [-0.2, 0) is 9.59 Å². The highest BCUT2D eigenvalue weighted by Crippen LogP contribution is 2.34. The maximum Gasteiger partial charge on any atom is 0.276 e. The summed E-state index contributed by atoms with van der Waals surface area (Å²) in [5.41, 5.74) is 0.368. The molecule has 1 saturated heterocycles. The summed E-state index contributed by atoms with van der Waals surface area (Å²) in [5, 5.41) is 13.5. The number of amides is 2. The molecule has 158 valence electrons. The van der Waals surface area contributed by atoms with Crippen LogP contribution in [0, 0.1) is 10.1 Å². The quantitative estimate of drug-likeness (QED) is 0.242. The standard InChI is InChI=1S/C21H17N3O6S/c1-29-14-10-11-17(18(12-14)30-2)23-20(26)15(19(25)22-21(23)31)8-5-7-13-6-3-4-9-16(13)24(27)28/h3-12H,1-2H3,(H,22,25,31)/b7-5+,15-8+. The highest BCUT2D eigenvalue weighted by molar-refractivity contribution is 7.80. The molecule has 0 spiro atoms. The van der Waals surface area contributed by atoms with Gasteiger partial charge in [-0.2, -0.15) is 0 Å². The Kier molecular flexibility index (Phi) is 6.41. The minimum atomic E-state index is -0.675. The second-order valence-corrected chi connectivity index (χ2v) is 6.58. The zero-order valence-corrected chi connectivity index (χ0v) is 17.3. The van der Waals surface area contributed by atoms with Crippen molar-refractivity contribution in [1.82, 2.24) is 5.32 Å². The van der Waals surface area contributed by atoms with Crippen molar-refractivity contribution in [2.24, 2.45) is 0 Å². The van der Waals surface area contributed by atoms with Crippen LogP contribution in [0.4, 0.5) is 11.4 Å².